The van der Waals surface area contributed by atoms with Crippen LogP contribution in [0.2, 0.25) is 0 Å². The third-order valence-electron chi connectivity index (χ3n) is 4.42. The van der Waals surface area contributed by atoms with Crippen LogP contribution in [-0.4, -0.2) is 32.0 Å². The number of ether oxygens (including phenoxy) is 2. The lowest BCUT2D eigenvalue weighted by Crippen LogP contribution is -2.44. The molecule has 1 N–H and O–H groups in total. The van der Waals surface area contributed by atoms with Gasteiger partial charge in [-0.05, 0) is 52.7 Å². The van der Waals surface area contributed by atoms with Gasteiger partial charge in [0.05, 0.1) is 12.2 Å². The van der Waals surface area contributed by atoms with Gasteiger partial charge in [0.1, 0.15) is 0 Å². The van der Waals surface area contributed by atoms with E-state index in [1.165, 1.54) is 9.35 Å². The first-order valence-corrected chi connectivity index (χ1v) is 9.09. The van der Waals surface area contributed by atoms with Crippen molar-refractivity contribution in [2.45, 2.75) is 37.8 Å². The third kappa shape index (κ3) is 2.97. The van der Waals surface area contributed by atoms with Crippen LogP contribution in [0.4, 0.5) is 0 Å². The van der Waals surface area contributed by atoms with Crippen LogP contribution in [0.3, 0.4) is 0 Å². The van der Waals surface area contributed by atoms with E-state index in [0.29, 0.717) is 12.0 Å². The minimum atomic E-state index is -0.0136. The number of hydrogen-bond donors (Lipinski definition) is 1. The SMILES string of the molecule is CCNC(c1sccc1Br)C1CCOC2(CCOC2)C1. The molecule has 1 aromatic heterocycles. The van der Waals surface area contributed by atoms with Gasteiger partial charge < -0.3 is 14.8 Å². The van der Waals surface area contributed by atoms with E-state index in [0.717, 1.165) is 45.6 Å². The molecule has 2 fully saturated rings. The molecular weight excluding hydrogens is 338 g/mol. The van der Waals surface area contributed by atoms with Crippen LogP contribution in [0.5, 0.6) is 0 Å². The first-order chi connectivity index (χ1) is 9.74. The third-order valence-corrected chi connectivity index (χ3v) is 6.37. The van der Waals surface area contributed by atoms with E-state index in [-0.39, 0.29) is 5.60 Å². The summed E-state index contributed by atoms with van der Waals surface area (Å²) < 4.78 is 12.9. The Balaban J connectivity index is 1.79. The van der Waals surface area contributed by atoms with E-state index in [1.54, 1.807) is 0 Å². The number of rotatable bonds is 4. The normalized spacial score (nSPS) is 31.8. The fourth-order valence-electron chi connectivity index (χ4n) is 3.43. The second kappa shape index (κ2) is 6.44. The van der Waals surface area contributed by atoms with E-state index >= 15 is 0 Å². The molecule has 0 aliphatic carbocycles. The molecule has 2 saturated heterocycles. The van der Waals surface area contributed by atoms with E-state index in [2.05, 4.69) is 39.6 Å². The average Bonchev–Trinajstić information content (AvgIpc) is 3.06. The molecule has 3 unspecified atom stereocenters. The average molecular weight is 360 g/mol. The van der Waals surface area contributed by atoms with Crippen molar-refractivity contribution in [3.05, 3.63) is 20.8 Å². The first-order valence-electron chi connectivity index (χ1n) is 7.42. The zero-order valence-corrected chi connectivity index (χ0v) is 14.3. The summed E-state index contributed by atoms with van der Waals surface area (Å²) in [6.45, 7) is 5.66. The zero-order chi connectivity index (χ0) is 14.0. The fourth-order valence-corrected chi connectivity index (χ4v) is 5.22. The van der Waals surface area contributed by atoms with Crippen LogP contribution in [0.1, 0.15) is 37.1 Å². The topological polar surface area (TPSA) is 30.5 Å². The summed E-state index contributed by atoms with van der Waals surface area (Å²) in [7, 11) is 0. The van der Waals surface area contributed by atoms with Gasteiger partial charge in [-0.2, -0.15) is 0 Å². The lowest BCUT2D eigenvalue weighted by Gasteiger charge is -2.40. The summed E-state index contributed by atoms with van der Waals surface area (Å²) in [5.74, 6) is 0.625. The molecular formula is C15H22BrNO2S. The summed E-state index contributed by atoms with van der Waals surface area (Å²) >= 11 is 5.53. The summed E-state index contributed by atoms with van der Waals surface area (Å²) in [6, 6.07) is 2.58. The molecule has 1 aromatic rings. The van der Waals surface area contributed by atoms with Crippen molar-refractivity contribution >= 4 is 27.3 Å². The number of halogens is 1. The summed E-state index contributed by atoms with van der Waals surface area (Å²) in [5.41, 5.74) is -0.0136. The van der Waals surface area contributed by atoms with Gasteiger partial charge in [-0.25, -0.2) is 0 Å². The highest BCUT2D eigenvalue weighted by Gasteiger charge is 2.43. The van der Waals surface area contributed by atoms with Gasteiger partial charge in [0.25, 0.3) is 0 Å². The number of hydrogen-bond acceptors (Lipinski definition) is 4. The predicted octanol–water partition coefficient (Wildman–Crippen LogP) is 3.75. The first kappa shape index (κ1) is 15.0. The fraction of sp³-hybridized carbons (Fsp3) is 0.733. The van der Waals surface area contributed by atoms with Crippen LogP contribution in [0.15, 0.2) is 15.9 Å². The smallest absolute Gasteiger partial charge is 0.0940 e. The van der Waals surface area contributed by atoms with Crippen LogP contribution in [0, 0.1) is 5.92 Å². The maximum Gasteiger partial charge on any atom is 0.0940 e. The molecule has 3 heterocycles. The van der Waals surface area contributed by atoms with Crippen molar-refractivity contribution in [3.8, 4) is 0 Å². The van der Waals surface area contributed by atoms with E-state index in [1.807, 2.05) is 11.3 Å². The quantitative estimate of drug-likeness (QED) is 0.887. The molecule has 2 aliphatic heterocycles. The minimum Gasteiger partial charge on any atom is -0.378 e. The highest BCUT2D eigenvalue weighted by atomic mass is 79.9. The number of thiophene rings is 1. The van der Waals surface area contributed by atoms with Crippen molar-refractivity contribution in [1.82, 2.24) is 5.32 Å². The standard InChI is InChI=1S/C15H22BrNO2S/c1-2-17-13(14-12(16)4-8-20-14)11-3-6-19-15(9-11)5-7-18-10-15/h4,8,11,13,17H,2-3,5-7,9-10H2,1H3. The monoisotopic (exact) mass is 359 g/mol. The maximum absolute atomic E-state index is 6.07. The Bertz CT molecular complexity index is 445. The summed E-state index contributed by atoms with van der Waals surface area (Å²) in [6.07, 6.45) is 3.28. The second-order valence-electron chi connectivity index (χ2n) is 5.76. The molecule has 2 aliphatic rings. The highest BCUT2D eigenvalue weighted by molar-refractivity contribution is 9.10. The molecule has 0 radical (unpaired) electrons. The van der Waals surface area contributed by atoms with Gasteiger partial charge in [0, 0.05) is 35.0 Å². The molecule has 0 amide bonds. The second-order valence-corrected chi connectivity index (χ2v) is 7.56. The summed E-state index contributed by atoms with van der Waals surface area (Å²) in [4.78, 5) is 1.42. The van der Waals surface area contributed by atoms with Crippen molar-refractivity contribution < 1.29 is 9.47 Å². The lowest BCUT2D eigenvalue weighted by molar-refractivity contribution is -0.103. The van der Waals surface area contributed by atoms with E-state index in [9.17, 15) is 0 Å². The van der Waals surface area contributed by atoms with Gasteiger partial charge in [-0.3, -0.25) is 0 Å². The van der Waals surface area contributed by atoms with Crippen molar-refractivity contribution in [2.75, 3.05) is 26.4 Å². The zero-order valence-electron chi connectivity index (χ0n) is 11.9. The summed E-state index contributed by atoms with van der Waals surface area (Å²) in [5, 5.41) is 5.85. The van der Waals surface area contributed by atoms with Gasteiger partial charge >= 0.3 is 0 Å². The molecule has 0 bridgehead atoms. The Morgan fingerprint density at radius 2 is 2.45 bits per heavy atom. The Morgan fingerprint density at radius 3 is 3.10 bits per heavy atom. The molecule has 3 atom stereocenters. The Morgan fingerprint density at radius 1 is 1.55 bits per heavy atom. The van der Waals surface area contributed by atoms with Gasteiger partial charge in [0.2, 0.25) is 0 Å². The Kier molecular flexibility index (Phi) is 4.82. The molecule has 3 rings (SSSR count). The van der Waals surface area contributed by atoms with Gasteiger partial charge in [-0.15, -0.1) is 11.3 Å². The van der Waals surface area contributed by atoms with Gasteiger partial charge in [0.15, 0.2) is 0 Å². The highest BCUT2D eigenvalue weighted by Crippen LogP contribution is 2.43. The van der Waals surface area contributed by atoms with Crippen molar-refractivity contribution in [3.63, 3.8) is 0 Å². The lowest BCUT2D eigenvalue weighted by atomic mass is 9.80. The van der Waals surface area contributed by atoms with Crippen LogP contribution in [-0.2, 0) is 9.47 Å². The maximum atomic E-state index is 6.07. The van der Waals surface area contributed by atoms with Crippen molar-refractivity contribution in [2.24, 2.45) is 5.92 Å². The Hall–Kier alpha value is 0.0600. The largest absolute Gasteiger partial charge is 0.378 e. The van der Waals surface area contributed by atoms with E-state index in [4.69, 9.17) is 9.47 Å². The molecule has 3 nitrogen and oxygen atoms in total. The Labute approximate surface area is 133 Å². The molecule has 0 aromatic carbocycles. The number of nitrogens with one attached hydrogen (secondary N) is 1. The minimum absolute atomic E-state index is 0.0136. The molecule has 5 heteroatoms. The van der Waals surface area contributed by atoms with Crippen LogP contribution < -0.4 is 5.32 Å². The predicted molar refractivity (Wildman–Crippen MR) is 85.3 cm³/mol. The van der Waals surface area contributed by atoms with Crippen LogP contribution in [0.25, 0.3) is 0 Å². The van der Waals surface area contributed by atoms with Gasteiger partial charge in [-0.1, -0.05) is 6.92 Å². The molecule has 112 valence electrons. The molecule has 0 saturated carbocycles. The van der Waals surface area contributed by atoms with Crippen LogP contribution >= 0.6 is 27.3 Å². The molecule has 1 spiro atoms. The van der Waals surface area contributed by atoms with E-state index < -0.39 is 0 Å². The van der Waals surface area contributed by atoms with Crippen molar-refractivity contribution in [1.29, 1.82) is 0 Å². The molecule has 20 heavy (non-hydrogen) atoms.